The van der Waals surface area contributed by atoms with E-state index < -0.39 is 32.6 Å². The third-order valence-corrected chi connectivity index (χ3v) is 4.11. The highest BCUT2D eigenvalue weighted by atomic mass is 32.2. The Balaban J connectivity index is 2.28. The SMILES string of the molecule is CC(NS(=O)(=O)c1ccc(F)cc1F)c1cn[nH]c1. The predicted octanol–water partition coefficient (Wildman–Crippen LogP) is 1.73. The van der Waals surface area contributed by atoms with Crippen LogP contribution in [0, 0.1) is 11.6 Å². The van der Waals surface area contributed by atoms with Crippen molar-refractivity contribution in [3.05, 3.63) is 47.8 Å². The quantitative estimate of drug-likeness (QED) is 0.899. The van der Waals surface area contributed by atoms with Gasteiger partial charge in [0.05, 0.1) is 6.20 Å². The second kappa shape index (κ2) is 5.06. The molecule has 2 rings (SSSR count). The lowest BCUT2D eigenvalue weighted by molar-refractivity contribution is 0.536. The van der Waals surface area contributed by atoms with E-state index in [0.717, 1.165) is 12.1 Å². The summed E-state index contributed by atoms with van der Waals surface area (Å²) in [4.78, 5) is -0.593. The van der Waals surface area contributed by atoms with Crippen molar-refractivity contribution in [2.24, 2.45) is 0 Å². The van der Waals surface area contributed by atoms with Gasteiger partial charge in [-0.3, -0.25) is 5.10 Å². The molecule has 1 heterocycles. The van der Waals surface area contributed by atoms with Crippen LogP contribution in [0.25, 0.3) is 0 Å². The van der Waals surface area contributed by atoms with Gasteiger partial charge in [-0.05, 0) is 19.1 Å². The zero-order valence-corrected chi connectivity index (χ0v) is 10.7. The number of benzene rings is 1. The Morgan fingerprint density at radius 1 is 1.37 bits per heavy atom. The average molecular weight is 287 g/mol. The van der Waals surface area contributed by atoms with Crippen molar-refractivity contribution in [1.29, 1.82) is 0 Å². The van der Waals surface area contributed by atoms with Crippen LogP contribution in [0.4, 0.5) is 8.78 Å². The first kappa shape index (κ1) is 13.6. The standard InChI is InChI=1S/C11H11F2N3O2S/c1-7(8-5-14-15-6-8)16-19(17,18)11-3-2-9(12)4-10(11)13/h2-7,16H,1H3,(H,14,15). The molecule has 0 bridgehead atoms. The van der Waals surface area contributed by atoms with Crippen molar-refractivity contribution < 1.29 is 17.2 Å². The molecule has 1 atom stereocenters. The van der Waals surface area contributed by atoms with Crippen LogP contribution in [0.1, 0.15) is 18.5 Å². The van der Waals surface area contributed by atoms with Crippen molar-refractivity contribution in [2.45, 2.75) is 17.9 Å². The summed E-state index contributed by atoms with van der Waals surface area (Å²) in [6, 6.07) is 1.71. The van der Waals surface area contributed by atoms with Crippen molar-refractivity contribution in [2.75, 3.05) is 0 Å². The van der Waals surface area contributed by atoms with Crippen molar-refractivity contribution >= 4 is 10.0 Å². The maximum atomic E-state index is 13.5. The summed E-state index contributed by atoms with van der Waals surface area (Å²) in [7, 11) is -4.07. The maximum absolute atomic E-state index is 13.5. The number of nitrogens with one attached hydrogen (secondary N) is 2. The van der Waals surface area contributed by atoms with E-state index in [1.54, 1.807) is 6.92 Å². The first-order chi connectivity index (χ1) is 8.90. The highest BCUT2D eigenvalue weighted by Crippen LogP contribution is 2.19. The summed E-state index contributed by atoms with van der Waals surface area (Å²) >= 11 is 0. The first-order valence-electron chi connectivity index (χ1n) is 5.36. The lowest BCUT2D eigenvalue weighted by Gasteiger charge is -2.13. The smallest absolute Gasteiger partial charge is 0.244 e. The van der Waals surface area contributed by atoms with E-state index in [-0.39, 0.29) is 0 Å². The number of rotatable bonds is 4. The molecule has 1 unspecified atom stereocenters. The summed E-state index contributed by atoms with van der Waals surface area (Å²) in [6.45, 7) is 1.59. The van der Waals surface area contributed by atoms with Gasteiger partial charge in [0.1, 0.15) is 16.5 Å². The number of aromatic nitrogens is 2. The summed E-state index contributed by atoms with van der Waals surface area (Å²) < 4.78 is 52.4. The topological polar surface area (TPSA) is 74.8 Å². The van der Waals surface area contributed by atoms with E-state index in [0.29, 0.717) is 11.6 Å². The van der Waals surface area contributed by atoms with E-state index in [9.17, 15) is 17.2 Å². The molecular formula is C11H11F2N3O2S. The molecule has 102 valence electrons. The fraction of sp³-hybridized carbons (Fsp3) is 0.182. The monoisotopic (exact) mass is 287 g/mol. The zero-order valence-electron chi connectivity index (χ0n) is 9.89. The molecule has 1 aromatic carbocycles. The molecule has 1 aromatic heterocycles. The Morgan fingerprint density at radius 2 is 2.11 bits per heavy atom. The van der Waals surface area contributed by atoms with E-state index in [1.165, 1.54) is 12.4 Å². The van der Waals surface area contributed by atoms with Crippen LogP contribution in [0.3, 0.4) is 0 Å². The Hall–Kier alpha value is -1.80. The molecule has 0 fully saturated rings. The molecule has 0 amide bonds. The lowest BCUT2D eigenvalue weighted by atomic mass is 10.2. The van der Waals surface area contributed by atoms with Gasteiger partial charge in [-0.2, -0.15) is 5.10 Å². The number of hydrogen-bond donors (Lipinski definition) is 2. The van der Waals surface area contributed by atoms with Crippen molar-refractivity contribution in [1.82, 2.24) is 14.9 Å². The number of H-pyrrole nitrogens is 1. The zero-order chi connectivity index (χ0) is 14.0. The molecule has 0 aliphatic carbocycles. The molecule has 0 aliphatic heterocycles. The summed E-state index contributed by atoms with van der Waals surface area (Å²) in [5.41, 5.74) is 0.603. The Kier molecular flexibility index (Phi) is 3.63. The normalized spacial score (nSPS) is 13.4. The third-order valence-electron chi connectivity index (χ3n) is 2.53. The van der Waals surface area contributed by atoms with Gasteiger partial charge in [0.15, 0.2) is 0 Å². The second-order valence-electron chi connectivity index (χ2n) is 3.95. The highest BCUT2D eigenvalue weighted by molar-refractivity contribution is 7.89. The Morgan fingerprint density at radius 3 is 2.68 bits per heavy atom. The van der Waals surface area contributed by atoms with Gasteiger partial charge >= 0.3 is 0 Å². The number of halogens is 2. The van der Waals surface area contributed by atoms with E-state index in [4.69, 9.17) is 0 Å². The summed E-state index contributed by atoms with van der Waals surface area (Å²) in [5, 5.41) is 6.24. The van der Waals surface area contributed by atoms with Crippen LogP contribution in [-0.2, 0) is 10.0 Å². The molecule has 2 N–H and O–H groups in total. The molecule has 5 nitrogen and oxygen atoms in total. The maximum Gasteiger partial charge on any atom is 0.244 e. The molecular weight excluding hydrogens is 276 g/mol. The van der Waals surface area contributed by atoms with E-state index >= 15 is 0 Å². The van der Waals surface area contributed by atoms with Gasteiger partial charge in [0.2, 0.25) is 10.0 Å². The van der Waals surface area contributed by atoms with Crippen LogP contribution in [0.15, 0.2) is 35.5 Å². The molecule has 2 aromatic rings. The summed E-state index contributed by atoms with van der Waals surface area (Å²) in [5.74, 6) is -1.97. The van der Waals surface area contributed by atoms with Crippen LogP contribution < -0.4 is 4.72 Å². The fourth-order valence-corrected chi connectivity index (χ4v) is 2.85. The number of aromatic amines is 1. The van der Waals surface area contributed by atoms with Crippen LogP contribution in [0.5, 0.6) is 0 Å². The van der Waals surface area contributed by atoms with Gasteiger partial charge in [0.25, 0.3) is 0 Å². The molecule has 0 aliphatic rings. The summed E-state index contributed by atoms with van der Waals surface area (Å²) in [6.07, 6.45) is 2.97. The number of sulfonamides is 1. The second-order valence-corrected chi connectivity index (χ2v) is 5.63. The average Bonchev–Trinajstić information content (AvgIpc) is 2.80. The van der Waals surface area contributed by atoms with Crippen molar-refractivity contribution in [3.8, 4) is 0 Å². The predicted molar refractivity (Wildman–Crippen MR) is 63.7 cm³/mol. The minimum atomic E-state index is -4.07. The Bertz CT molecular complexity index is 671. The van der Waals surface area contributed by atoms with Crippen LogP contribution in [0.2, 0.25) is 0 Å². The molecule has 0 radical (unpaired) electrons. The van der Waals surface area contributed by atoms with Gasteiger partial charge in [0, 0.05) is 23.9 Å². The van der Waals surface area contributed by atoms with Crippen LogP contribution >= 0.6 is 0 Å². The van der Waals surface area contributed by atoms with Gasteiger partial charge in [-0.15, -0.1) is 0 Å². The third kappa shape index (κ3) is 2.96. The van der Waals surface area contributed by atoms with E-state index in [1.807, 2.05) is 0 Å². The fourth-order valence-electron chi connectivity index (χ4n) is 1.56. The van der Waals surface area contributed by atoms with Gasteiger partial charge in [-0.1, -0.05) is 0 Å². The number of nitrogens with zero attached hydrogens (tertiary/aromatic N) is 1. The first-order valence-corrected chi connectivity index (χ1v) is 6.84. The molecule has 8 heteroatoms. The lowest BCUT2D eigenvalue weighted by Crippen LogP contribution is -2.27. The molecule has 19 heavy (non-hydrogen) atoms. The highest BCUT2D eigenvalue weighted by Gasteiger charge is 2.22. The molecule has 0 saturated heterocycles. The van der Waals surface area contributed by atoms with Crippen LogP contribution in [-0.4, -0.2) is 18.6 Å². The van der Waals surface area contributed by atoms with Gasteiger partial charge in [-0.25, -0.2) is 21.9 Å². The Labute approximate surface area is 108 Å². The van der Waals surface area contributed by atoms with Gasteiger partial charge < -0.3 is 0 Å². The molecule has 0 spiro atoms. The van der Waals surface area contributed by atoms with E-state index in [2.05, 4.69) is 14.9 Å². The minimum absolute atomic E-state index is 0.525. The number of hydrogen-bond acceptors (Lipinski definition) is 3. The van der Waals surface area contributed by atoms with Crippen molar-refractivity contribution in [3.63, 3.8) is 0 Å². The molecule has 0 saturated carbocycles. The minimum Gasteiger partial charge on any atom is -0.285 e. The largest absolute Gasteiger partial charge is 0.285 e.